The summed E-state index contributed by atoms with van der Waals surface area (Å²) in [6.45, 7) is 0. The van der Waals surface area contributed by atoms with Gasteiger partial charge in [-0.15, -0.1) is 20.6 Å². The SMILES string of the molecule is Pc1ccc(-c2cccs2)cc1. The second-order valence-corrected chi connectivity index (χ2v) is 4.21. The lowest BCUT2D eigenvalue weighted by atomic mass is 10.2. The zero-order chi connectivity index (χ0) is 8.39. The normalized spacial score (nSPS) is 10.1. The molecule has 0 amide bonds. The summed E-state index contributed by atoms with van der Waals surface area (Å²) in [6, 6.07) is 12.7. The molecule has 12 heavy (non-hydrogen) atoms. The van der Waals surface area contributed by atoms with Crippen LogP contribution in [0, 0.1) is 0 Å². The van der Waals surface area contributed by atoms with E-state index in [-0.39, 0.29) is 0 Å². The fraction of sp³-hybridized carbons (Fsp3) is 0. The minimum Gasteiger partial charge on any atom is -0.144 e. The predicted molar refractivity (Wildman–Crippen MR) is 59.1 cm³/mol. The Morgan fingerprint density at radius 3 is 2.33 bits per heavy atom. The Bertz CT molecular complexity index is 348. The minimum absolute atomic E-state index is 1.23. The van der Waals surface area contributed by atoms with Crippen LogP contribution >= 0.6 is 20.6 Å². The van der Waals surface area contributed by atoms with Gasteiger partial charge in [-0.05, 0) is 22.3 Å². The van der Waals surface area contributed by atoms with Crippen molar-refractivity contribution in [3.05, 3.63) is 41.8 Å². The summed E-state index contributed by atoms with van der Waals surface area (Å²) in [5.74, 6) is 0. The third kappa shape index (κ3) is 1.57. The Labute approximate surface area is 78.5 Å². The molecule has 0 aliphatic heterocycles. The van der Waals surface area contributed by atoms with E-state index in [9.17, 15) is 0 Å². The first kappa shape index (κ1) is 7.97. The van der Waals surface area contributed by atoms with E-state index in [1.165, 1.54) is 15.7 Å². The van der Waals surface area contributed by atoms with Crippen molar-refractivity contribution < 1.29 is 0 Å². The number of benzene rings is 1. The van der Waals surface area contributed by atoms with Gasteiger partial charge in [-0.3, -0.25) is 0 Å². The summed E-state index contributed by atoms with van der Waals surface area (Å²) in [4.78, 5) is 1.33. The average molecular weight is 192 g/mol. The molecule has 1 atom stereocenters. The van der Waals surface area contributed by atoms with Crippen LogP contribution in [-0.2, 0) is 0 Å². The van der Waals surface area contributed by atoms with Crippen LogP contribution in [0.4, 0.5) is 0 Å². The summed E-state index contributed by atoms with van der Waals surface area (Å²) in [6.07, 6.45) is 0. The standard InChI is InChI=1S/C10H9PS/c11-9-5-3-8(4-6-9)10-2-1-7-12-10/h1-7H,11H2. The van der Waals surface area contributed by atoms with Gasteiger partial charge in [0.25, 0.3) is 0 Å². The Hall–Kier alpha value is -0.650. The highest BCUT2D eigenvalue weighted by Crippen LogP contribution is 2.23. The number of hydrogen-bond donors (Lipinski definition) is 0. The summed E-state index contributed by atoms with van der Waals surface area (Å²) < 4.78 is 0. The first-order valence-electron chi connectivity index (χ1n) is 3.76. The summed E-state index contributed by atoms with van der Waals surface area (Å²) >= 11 is 1.78. The Kier molecular flexibility index (Phi) is 2.25. The molecular formula is C10H9PS. The number of hydrogen-bond acceptors (Lipinski definition) is 1. The quantitative estimate of drug-likeness (QED) is 0.609. The number of thiophene rings is 1. The molecule has 2 heteroatoms. The molecule has 0 N–H and O–H groups in total. The highest BCUT2D eigenvalue weighted by atomic mass is 32.1. The smallest absolute Gasteiger partial charge is 0.0342 e. The molecule has 2 rings (SSSR count). The monoisotopic (exact) mass is 192 g/mol. The van der Waals surface area contributed by atoms with Crippen molar-refractivity contribution in [3.8, 4) is 10.4 Å². The molecule has 0 radical (unpaired) electrons. The molecule has 0 spiro atoms. The molecule has 0 aliphatic carbocycles. The van der Waals surface area contributed by atoms with Gasteiger partial charge in [-0.2, -0.15) is 0 Å². The largest absolute Gasteiger partial charge is 0.144 e. The third-order valence-electron chi connectivity index (χ3n) is 1.72. The molecule has 0 bridgehead atoms. The van der Waals surface area contributed by atoms with Crippen molar-refractivity contribution in [1.82, 2.24) is 0 Å². The Balaban J connectivity index is 2.43. The fourth-order valence-electron chi connectivity index (χ4n) is 1.09. The third-order valence-corrected chi connectivity index (χ3v) is 3.02. The molecule has 1 unspecified atom stereocenters. The van der Waals surface area contributed by atoms with Crippen LogP contribution in [0.15, 0.2) is 41.8 Å². The van der Waals surface area contributed by atoms with E-state index in [0.717, 1.165) is 0 Å². The van der Waals surface area contributed by atoms with E-state index in [1.54, 1.807) is 11.3 Å². The number of rotatable bonds is 1. The van der Waals surface area contributed by atoms with Crippen LogP contribution in [0.3, 0.4) is 0 Å². The van der Waals surface area contributed by atoms with Crippen LogP contribution in [0.1, 0.15) is 0 Å². The van der Waals surface area contributed by atoms with Crippen LogP contribution < -0.4 is 5.30 Å². The van der Waals surface area contributed by atoms with Gasteiger partial charge in [0.1, 0.15) is 0 Å². The second-order valence-electron chi connectivity index (χ2n) is 2.60. The second kappa shape index (κ2) is 3.38. The molecule has 0 fully saturated rings. The van der Waals surface area contributed by atoms with Crippen LogP contribution in [0.2, 0.25) is 0 Å². The van der Waals surface area contributed by atoms with E-state index in [2.05, 4.69) is 51.0 Å². The fourth-order valence-corrected chi connectivity index (χ4v) is 2.02. The molecule has 0 saturated carbocycles. The van der Waals surface area contributed by atoms with E-state index in [0.29, 0.717) is 0 Å². The molecule has 0 aliphatic rings. The molecule has 1 aromatic heterocycles. The maximum atomic E-state index is 2.69. The van der Waals surface area contributed by atoms with E-state index in [1.807, 2.05) is 0 Å². The molecule has 60 valence electrons. The highest BCUT2D eigenvalue weighted by molar-refractivity contribution is 7.27. The van der Waals surface area contributed by atoms with Gasteiger partial charge in [-0.25, -0.2) is 0 Å². The zero-order valence-corrected chi connectivity index (χ0v) is 8.50. The minimum atomic E-state index is 1.23. The molecule has 0 nitrogen and oxygen atoms in total. The van der Waals surface area contributed by atoms with Crippen LogP contribution in [-0.4, -0.2) is 0 Å². The van der Waals surface area contributed by atoms with Crippen molar-refractivity contribution >= 4 is 25.9 Å². The Morgan fingerprint density at radius 1 is 1.00 bits per heavy atom. The maximum absolute atomic E-state index is 2.69. The lowest BCUT2D eigenvalue weighted by Gasteiger charge is -1.96. The van der Waals surface area contributed by atoms with Crippen molar-refractivity contribution in [2.24, 2.45) is 0 Å². The van der Waals surface area contributed by atoms with Gasteiger partial charge in [-0.1, -0.05) is 30.3 Å². The van der Waals surface area contributed by atoms with Crippen LogP contribution in [0.5, 0.6) is 0 Å². The van der Waals surface area contributed by atoms with Gasteiger partial charge < -0.3 is 0 Å². The summed E-state index contributed by atoms with van der Waals surface area (Å²) in [5.41, 5.74) is 1.30. The lowest BCUT2D eigenvalue weighted by Crippen LogP contribution is -1.86. The first-order chi connectivity index (χ1) is 5.86. The van der Waals surface area contributed by atoms with E-state index >= 15 is 0 Å². The highest BCUT2D eigenvalue weighted by Gasteiger charge is 1.95. The molecule has 1 aromatic carbocycles. The van der Waals surface area contributed by atoms with Crippen molar-refractivity contribution in [2.75, 3.05) is 0 Å². The predicted octanol–water partition coefficient (Wildman–Crippen LogP) is 2.92. The van der Waals surface area contributed by atoms with Crippen molar-refractivity contribution in [1.29, 1.82) is 0 Å². The van der Waals surface area contributed by atoms with Gasteiger partial charge in [0, 0.05) is 4.88 Å². The summed E-state index contributed by atoms with van der Waals surface area (Å²) in [5, 5.41) is 3.33. The zero-order valence-electron chi connectivity index (χ0n) is 6.53. The maximum Gasteiger partial charge on any atom is 0.0342 e. The topological polar surface area (TPSA) is 0 Å². The van der Waals surface area contributed by atoms with Gasteiger partial charge in [0.2, 0.25) is 0 Å². The summed E-state index contributed by atoms with van der Waals surface area (Å²) in [7, 11) is 2.69. The molecule has 2 aromatic rings. The van der Waals surface area contributed by atoms with E-state index in [4.69, 9.17) is 0 Å². The molecular weight excluding hydrogens is 183 g/mol. The van der Waals surface area contributed by atoms with Gasteiger partial charge in [0.05, 0.1) is 0 Å². The van der Waals surface area contributed by atoms with Crippen molar-refractivity contribution in [2.45, 2.75) is 0 Å². The molecule has 0 saturated heterocycles. The van der Waals surface area contributed by atoms with Crippen LogP contribution in [0.25, 0.3) is 10.4 Å². The van der Waals surface area contributed by atoms with Gasteiger partial charge >= 0.3 is 0 Å². The van der Waals surface area contributed by atoms with Crippen molar-refractivity contribution in [3.63, 3.8) is 0 Å². The Morgan fingerprint density at radius 2 is 1.75 bits per heavy atom. The molecule has 1 heterocycles. The average Bonchev–Trinajstić information content (AvgIpc) is 2.58. The van der Waals surface area contributed by atoms with E-state index < -0.39 is 0 Å². The first-order valence-corrected chi connectivity index (χ1v) is 5.21. The lowest BCUT2D eigenvalue weighted by molar-refractivity contribution is 1.75. The van der Waals surface area contributed by atoms with Gasteiger partial charge in [0.15, 0.2) is 0 Å².